The first-order chi connectivity index (χ1) is 8.90. The van der Waals surface area contributed by atoms with Crippen LogP contribution in [0.4, 0.5) is 8.78 Å². The van der Waals surface area contributed by atoms with E-state index in [0.717, 1.165) is 19.3 Å². The molecular weight excluding hydrogens is 314 g/mol. The van der Waals surface area contributed by atoms with Crippen LogP contribution in [0.25, 0.3) is 0 Å². The highest BCUT2D eigenvalue weighted by molar-refractivity contribution is 9.10. The fourth-order valence-corrected chi connectivity index (χ4v) is 3.35. The molecule has 19 heavy (non-hydrogen) atoms. The Hall–Kier alpha value is -0.480. The fraction of sp³-hybridized carbons (Fsp3) is 0.600. The van der Waals surface area contributed by atoms with Crippen molar-refractivity contribution in [2.24, 2.45) is 17.8 Å². The van der Waals surface area contributed by atoms with E-state index < -0.39 is 17.7 Å². The molecule has 0 amide bonds. The highest BCUT2D eigenvalue weighted by Gasteiger charge is 2.32. The van der Waals surface area contributed by atoms with E-state index in [1.807, 2.05) is 0 Å². The maximum Gasteiger partial charge on any atom is 0.133 e. The Balaban J connectivity index is 2.23. The molecule has 4 heteroatoms. The molecule has 106 valence electrons. The first-order valence-corrected chi connectivity index (χ1v) is 7.52. The normalized spacial score (nSPS) is 29.3. The molecule has 0 heterocycles. The van der Waals surface area contributed by atoms with Gasteiger partial charge in [0.05, 0.1) is 11.7 Å². The zero-order chi connectivity index (χ0) is 14.2. The molecule has 4 unspecified atom stereocenters. The smallest absolute Gasteiger partial charge is 0.133 e. The molecule has 4 atom stereocenters. The number of benzene rings is 1. The first-order valence-electron chi connectivity index (χ1n) is 6.72. The van der Waals surface area contributed by atoms with Crippen molar-refractivity contribution in [3.63, 3.8) is 0 Å². The van der Waals surface area contributed by atoms with Crippen molar-refractivity contribution >= 4 is 15.9 Å². The van der Waals surface area contributed by atoms with Crippen molar-refractivity contribution in [1.29, 1.82) is 0 Å². The summed E-state index contributed by atoms with van der Waals surface area (Å²) in [7, 11) is 0. The average Bonchev–Trinajstić information content (AvgIpc) is 2.31. The molecule has 0 bridgehead atoms. The second kappa shape index (κ2) is 5.88. The van der Waals surface area contributed by atoms with Crippen molar-refractivity contribution in [2.45, 2.75) is 39.2 Å². The summed E-state index contributed by atoms with van der Waals surface area (Å²) in [5.41, 5.74) is -0.185. The van der Waals surface area contributed by atoms with Crippen LogP contribution in [0.3, 0.4) is 0 Å². The number of aliphatic hydroxyl groups is 1. The topological polar surface area (TPSA) is 20.2 Å². The summed E-state index contributed by atoms with van der Waals surface area (Å²) >= 11 is 3.05. The standard InChI is InChI=1S/C15H19BrF2O/c1-8-3-4-10(5-9(8)2)15(19)14-12(17)6-11(16)7-13(14)18/h6-10,15,19H,3-5H2,1-2H3. The second-order valence-corrected chi connectivity index (χ2v) is 6.67. The number of halogens is 3. The van der Waals surface area contributed by atoms with Gasteiger partial charge >= 0.3 is 0 Å². The fourth-order valence-electron chi connectivity index (χ4n) is 2.95. The number of rotatable bonds is 2. The van der Waals surface area contributed by atoms with Crippen LogP contribution in [0.1, 0.15) is 44.8 Å². The van der Waals surface area contributed by atoms with Gasteiger partial charge in [0, 0.05) is 4.47 Å². The lowest BCUT2D eigenvalue weighted by Crippen LogP contribution is -2.26. The van der Waals surface area contributed by atoms with Crippen molar-refractivity contribution < 1.29 is 13.9 Å². The number of hydrogen-bond donors (Lipinski definition) is 1. The van der Waals surface area contributed by atoms with Gasteiger partial charge in [-0.05, 0) is 42.7 Å². The molecule has 1 fully saturated rings. The van der Waals surface area contributed by atoms with E-state index in [4.69, 9.17) is 0 Å². The minimum atomic E-state index is -1.05. The van der Waals surface area contributed by atoms with Crippen LogP contribution in [-0.2, 0) is 0 Å². The molecule has 1 N–H and O–H groups in total. The SMILES string of the molecule is CC1CCC(C(O)c2c(F)cc(Br)cc2F)CC1C. The van der Waals surface area contributed by atoms with Crippen LogP contribution in [-0.4, -0.2) is 5.11 Å². The van der Waals surface area contributed by atoms with Crippen LogP contribution < -0.4 is 0 Å². The highest BCUT2D eigenvalue weighted by atomic mass is 79.9. The van der Waals surface area contributed by atoms with Gasteiger partial charge in [-0.1, -0.05) is 36.2 Å². The van der Waals surface area contributed by atoms with Crippen LogP contribution in [0.2, 0.25) is 0 Å². The molecule has 1 aliphatic carbocycles. The molecule has 0 aromatic heterocycles. The largest absolute Gasteiger partial charge is 0.388 e. The van der Waals surface area contributed by atoms with Gasteiger partial charge in [-0.25, -0.2) is 8.78 Å². The van der Waals surface area contributed by atoms with Gasteiger partial charge in [-0.3, -0.25) is 0 Å². The summed E-state index contributed by atoms with van der Waals surface area (Å²) in [6, 6.07) is 2.41. The first kappa shape index (κ1) is 14.9. The molecule has 1 aromatic rings. The summed E-state index contributed by atoms with van der Waals surface area (Å²) in [6.07, 6.45) is 1.59. The highest BCUT2D eigenvalue weighted by Crippen LogP contribution is 2.41. The van der Waals surface area contributed by atoms with E-state index in [9.17, 15) is 13.9 Å². The van der Waals surface area contributed by atoms with Gasteiger partial charge in [0.1, 0.15) is 11.6 Å². The van der Waals surface area contributed by atoms with Gasteiger partial charge in [-0.2, -0.15) is 0 Å². The van der Waals surface area contributed by atoms with E-state index in [-0.39, 0.29) is 11.5 Å². The Morgan fingerprint density at radius 2 is 1.74 bits per heavy atom. The van der Waals surface area contributed by atoms with Crippen LogP contribution in [0, 0.1) is 29.4 Å². The van der Waals surface area contributed by atoms with Gasteiger partial charge in [0.2, 0.25) is 0 Å². The molecule has 0 spiro atoms. The van der Waals surface area contributed by atoms with E-state index in [2.05, 4.69) is 29.8 Å². The van der Waals surface area contributed by atoms with Crippen LogP contribution >= 0.6 is 15.9 Å². The Kier molecular flexibility index (Phi) is 4.62. The predicted octanol–water partition coefficient (Wildman–Crippen LogP) is 4.83. The minimum absolute atomic E-state index is 0.0589. The molecule has 0 saturated heterocycles. The Labute approximate surface area is 121 Å². The van der Waals surface area contributed by atoms with Crippen LogP contribution in [0.5, 0.6) is 0 Å². The average molecular weight is 333 g/mol. The monoisotopic (exact) mass is 332 g/mol. The third kappa shape index (κ3) is 3.16. The van der Waals surface area contributed by atoms with Gasteiger partial charge in [0.25, 0.3) is 0 Å². The summed E-state index contributed by atoms with van der Waals surface area (Å²) in [5, 5.41) is 10.3. The molecular formula is C15H19BrF2O. The molecule has 1 aromatic carbocycles. The van der Waals surface area contributed by atoms with Crippen molar-refractivity contribution in [3.05, 3.63) is 33.8 Å². The minimum Gasteiger partial charge on any atom is -0.388 e. The lowest BCUT2D eigenvalue weighted by Gasteiger charge is -2.35. The Morgan fingerprint density at radius 3 is 2.26 bits per heavy atom. The molecule has 1 saturated carbocycles. The summed E-state index contributed by atoms with van der Waals surface area (Å²) < 4.78 is 28.1. The molecule has 2 rings (SSSR count). The van der Waals surface area contributed by atoms with Crippen molar-refractivity contribution in [3.8, 4) is 0 Å². The molecule has 1 nitrogen and oxygen atoms in total. The second-order valence-electron chi connectivity index (χ2n) is 5.76. The van der Waals surface area contributed by atoms with Crippen molar-refractivity contribution in [2.75, 3.05) is 0 Å². The van der Waals surface area contributed by atoms with Crippen molar-refractivity contribution in [1.82, 2.24) is 0 Å². The molecule has 0 aliphatic heterocycles. The lowest BCUT2D eigenvalue weighted by atomic mass is 9.73. The summed E-state index contributed by atoms with van der Waals surface area (Å²) in [6.45, 7) is 4.33. The number of hydrogen-bond acceptors (Lipinski definition) is 1. The zero-order valence-corrected chi connectivity index (χ0v) is 12.8. The maximum atomic E-state index is 13.9. The number of aliphatic hydroxyl groups excluding tert-OH is 1. The lowest BCUT2D eigenvalue weighted by molar-refractivity contribution is 0.0509. The van der Waals surface area contributed by atoms with E-state index in [1.54, 1.807) is 0 Å². The third-order valence-electron chi connectivity index (χ3n) is 4.42. The van der Waals surface area contributed by atoms with E-state index in [1.165, 1.54) is 12.1 Å². The third-order valence-corrected chi connectivity index (χ3v) is 4.88. The summed E-state index contributed by atoms with van der Waals surface area (Å²) in [5.74, 6) is -0.314. The quantitative estimate of drug-likeness (QED) is 0.822. The summed E-state index contributed by atoms with van der Waals surface area (Å²) in [4.78, 5) is 0. The Bertz CT molecular complexity index is 440. The van der Waals surface area contributed by atoms with E-state index in [0.29, 0.717) is 16.3 Å². The predicted molar refractivity (Wildman–Crippen MR) is 74.7 cm³/mol. The Morgan fingerprint density at radius 1 is 1.16 bits per heavy atom. The molecule has 1 aliphatic rings. The maximum absolute atomic E-state index is 13.9. The van der Waals surface area contributed by atoms with E-state index >= 15 is 0 Å². The van der Waals surface area contributed by atoms with Gasteiger partial charge in [0.15, 0.2) is 0 Å². The van der Waals surface area contributed by atoms with Crippen LogP contribution in [0.15, 0.2) is 16.6 Å². The zero-order valence-electron chi connectivity index (χ0n) is 11.2. The van der Waals surface area contributed by atoms with Gasteiger partial charge < -0.3 is 5.11 Å². The van der Waals surface area contributed by atoms with Gasteiger partial charge in [-0.15, -0.1) is 0 Å². The molecule has 0 radical (unpaired) electrons.